The van der Waals surface area contributed by atoms with Crippen LogP contribution in [0.15, 0.2) is 58.3 Å². The first-order valence-corrected chi connectivity index (χ1v) is 9.76. The van der Waals surface area contributed by atoms with E-state index < -0.39 is 0 Å². The lowest BCUT2D eigenvalue weighted by Gasteiger charge is -2.11. The van der Waals surface area contributed by atoms with Crippen molar-refractivity contribution in [1.82, 2.24) is 20.0 Å². The summed E-state index contributed by atoms with van der Waals surface area (Å²) in [5, 5.41) is 6.55. The molecule has 0 unspecified atom stereocenters. The van der Waals surface area contributed by atoms with E-state index in [1.807, 2.05) is 47.1 Å². The number of rotatable bonds is 7. The van der Waals surface area contributed by atoms with Crippen LogP contribution in [0.3, 0.4) is 0 Å². The zero-order valence-electron chi connectivity index (χ0n) is 15.3. The molecule has 2 aromatic heterocycles. The second kappa shape index (κ2) is 9.50. The largest absolute Gasteiger partial charge is 0.356 e. The van der Waals surface area contributed by atoms with Crippen LogP contribution >= 0.6 is 15.9 Å². The maximum absolute atomic E-state index is 13.8. The van der Waals surface area contributed by atoms with Gasteiger partial charge in [-0.25, -0.2) is 9.37 Å². The van der Waals surface area contributed by atoms with Crippen molar-refractivity contribution in [3.05, 3.63) is 70.3 Å². The van der Waals surface area contributed by atoms with Crippen molar-refractivity contribution >= 4 is 27.5 Å². The molecule has 0 amide bonds. The molecule has 3 aromatic rings. The predicted octanol–water partition coefficient (Wildman–Crippen LogP) is 3.58. The molecule has 0 fully saturated rings. The van der Waals surface area contributed by atoms with Crippen LogP contribution in [0.4, 0.5) is 4.39 Å². The first-order valence-electron chi connectivity index (χ1n) is 8.97. The molecule has 0 spiro atoms. The highest BCUT2D eigenvalue weighted by molar-refractivity contribution is 9.10. The van der Waals surface area contributed by atoms with E-state index in [-0.39, 0.29) is 5.82 Å². The molecule has 7 heteroatoms. The second-order valence-electron chi connectivity index (χ2n) is 6.21. The number of aromatic nitrogens is 2. The Morgan fingerprint density at radius 2 is 2.04 bits per heavy atom. The molecule has 0 bridgehead atoms. The van der Waals surface area contributed by atoms with Gasteiger partial charge in [-0.05, 0) is 42.7 Å². The summed E-state index contributed by atoms with van der Waals surface area (Å²) >= 11 is 3.28. The fraction of sp³-hybridized carbons (Fsp3) is 0.300. The van der Waals surface area contributed by atoms with Crippen LogP contribution in [0, 0.1) is 5.82 Å². The fourth-order valence-electron chi connectivity index (χ4n) is 2.85. The van der Waals surface area contributed by atoms with Gasteiger partial charge in [0.2, 0.25) is 0 Å². The van der Waals surface area contributed by atoms with Gasteiger partial charge in [0.1, 0.15) is 11.5 Å². The van der Waals surface area contributed by atoms with Crippen LogP contribution in [0.1, 0.15) is 17.7 Å². The van der Waals surface area contributed by atoms with Gasteiger partial charge in [-0.1, -0.05) is 28.1 Å². The average molecular weight is 432 g/mol. The monoisotopic (exact) mass is 431 g/mol. The van der Waals surface area contributed by atoms with Gasteiger partial charge in [0.15, 0.2) is 5.96 Å². The number of aliphatic imine (C=N–C) groups is 1. The first-order chi connectivity index (χ1) is 13.2. The summed E-state index contributed by atoms with van der Waals surface area (Å²) in [7, 11) is 1.74. The van der Waals surface area contributed by atoms with Crippen molar-refractivity contribution in [1.29, 1.82) is 0 Å². The lowest BCUT2D eigenvalue weighted by Crippen LogP contribution is -2.38. The molecule has 0 radical (unpaired) electrons. The Balaban J connectivity index is 1.39. The van der Waals surface area contributed by atoms with Crippen LogP contribution in [0.2, 0.25) is 0 Å². The van der Waals surface area contributed by atoms with Crippen LogP contribution < -0.4 is 10.6 Å². The van der Waals surface area contributed by atoms with Crippen molar-refractivity contribution < 1.29 is 4.39 Å². The highest BCUT2D eigenvalue weighted by Crippen LogP contribution is 2.16. The number of aryl methyl sites for hydroxylation is 1. The van der Waals surface area contributed by atoms with Crippen molar-refractivity contribution in [2.45, 2.75) is 19.3 Å². The van der Waals surface area contributed by atoms with Gasteiger partial charge in [0.05, 0.1) is 5.69 Å². The van der Waals surface area contributed by atoms with Crippen LogP contribution in [0.25, 0.3) is 5.65 Å². The van der Waals surface area contributed by atoms with Gasteiger partial charge in [0.25, 0.3) is 0 Å². The zero-order chi connectivity index (χ0) is 19.1. The maximum Gasteiger partial charge on any atom is 0.190 e. The molecule has 3 rings (SSSR count). The van der Waals surface area contributed by atoms with Gasteiger partial charge < -0.3 is 15.0 Å². The van der Waals surface area contributed by atoms with E-state index in [0.717, 1.165) is 53.3 Å². The molecule has 0 saturated carbocycles. The van der Waals surface area contributed by atoms with Crippen molar-refractivity contribution in [2.24, 2.45) is 4.99 Å². The van der Waals surface area contributed by atoms with E-state index in [2.05, 4.69) is 36.5 Å². The maximum atomic E-state index is 13.8. The normalized spacial score (nSPS) is 11.7. The minimum Gasteiger partial charge on any atom is -0.356 e. The highest BCUT2D eigenvalue weighted by Gasteiger charge is 2.04. The van der Waals surface area contributed by atoms with E-state index in [1.54, 1.807) is 7.05 Å². The van der Waals surface area contributed by atoms with E-state index >= 15 is 0 Å². The SMILES string of the molecule is CN=C(NCCCc1ccc(Br)cc1F)NCCc1cn2ccccc2n1. The molecule has 1 aromatic carbocycles. The Labute approximate surface area is 166 Å². The molecule has 0 aliphatic heterocycles. The van der Waals surface area contributed by atoms with Gasteiger partial charge in [-0.2, -0.15) is 0 Å². The summed E-state index contributed by atoms with van der Waals surface area (Å²) in [6.45, 7) is 1.47. The third kappa shape index (κ3) is 5.53. The van der Waals surface area contributed by atoms with Crippen LogP contribution in [-0.2, 0) is 12.8 Å². The number of hydrogen-bond donors (Lipinski definition) is 2. The van der Waals surface area contributed by atoms with Gasteiger partial charge >= 0.3 is 0 Å². The lowest BCUT2D eigenvalue weighted by atomic mass is 10.1. The third-order valence-corrected chi connectivity index (χ3v) is 4.73. The molecular formula is C20H23BrFN5. The molecule has 2 heterocycles. The molecule has 0 saturated heterocycles. The summed E-state index contributed by atoms with van der Waals surface area (Å²) in [5.41, 5.74) is 2.72. The summed E-state index contributed by atoms with van der Waals surface area (Å²) in [4.78, 5) is 8.81. The van der Waals surface area contributed by atoms with E-state index in [9.17, 15) is 4.39 Å². The minimum atomic E-state index is -0.167. The van der Waals surface area contributed by atoms with Crippen LogP contribution in [-0.4, -0.2) is 35.5 Å². The second-order valence-corrected chi connectivity index (χ2v) is 7.13. The number of nitrogens with one attached hydrogen (secondary N) is 2. The lowest BCUT2D eigenvalue weighted by molar-refractivity contribution is 0.602. The Morgan fingerprint density at radius 3 is 2.81 bits per heavy atom. The molecule has 0 atom stereocenters. The summed E-state index contributed by atoms with van der Waals surface area (Å²) < 4.78 is 16.6. The summed E-state index contributed by atoms with van der Waals surface area (Å²) in [6.07, 6.45) is 6.36. The third-order valence-electron chi connectivity index (χ3n) is 4.24. The molecule has 0 aliphatic rings. The van der Waals surface area contributed by atoms with Gasteiger partial charge in [-0.15, -0.1) is 0 Å². The Bertz CT molecular complexity index is 889. The standard InChI is InChI=1S/C20H23BrFN5/c1-23-20(24-10-4-5-15-7-8-16(21)13-18(15)22)25-11-9-17-14-27-12-3-2-6-19(27)26-17/h2-3,6-8,12-14H,4-5,9-11H2,1H3,(H2,23,24,25). The minimum absolute atomic E-state index is 0.167. The van der Waals surface area contributed by atoms with E-state index in [0.29, 0.717) is 6.42 Å². The Morgan fingerprint density at radius 1 is 1.19 bits per heavy atom. The van der Waals surface area contributed by atoms with Gasteiger partial charge in [-0.3, -0.25) is 4.99 Å². The smallest absolute Gasteiger partial charge is 0.190 e. The first kappa shape index (κ1) is 19.4. The summed E-state index contributed by atoms with van der Waals surface area (Å²) in [5.74, 6) is 0.578. The van der Waals surface area contributed by atoms with Crippen molar-refractivity contribution in [3.63, 3.8) is 0 Å². The van der Waals surface area contributed by atoms with Crippen LogP contribution in [0.5, 0.6) is 0 Å². The van der Waals surface area contributed by atoms with Crippen molar-refractivity contribution in [2.75, 3.05) is 20.1 Å². The van der Waals surface area contributed by atoms with E-state index in [4.69, 9.17) is 0 Å². The number of halogens is 2. The van der Waals surface area contributed by atoms with Crippen molar-refractivity contribution in [3.8, 4) is 0 Å². The number of nitrogens with zero attached hydrogens (tertiary/aromatic N) is 3. The number of guanidine groups is 1. The molecule has 2 N–H and O–H groups in total. The zero-order valence-corrected chi connectivity index (χ0v) is 16.8. The fourth-order valence-corrected chi connectivity index (χ4v) is 3.18. The molecular weight excluding hydrogens is 409 g/mol. The van der Waals surface area contributed by atoms with Gasteiger partial charge in [0, 0.05) is 43.4 Å². The number of imidazole rings is 1. The topological polar surface area (TPSA) is 53.7 Å². The Kier molecular flexibility index (Phi) is 6.81. The quantitative estimate of drug-likeness (QED) is 0.341. The highest BCUT2D eigenvalue weighted by atomic mass is 79.9. The predicted molar refractivity (Wildman–Crippen MR) is 111 cm³/mol. The number of benzene rings is 1. The molecule has 142 valence electrons. The summed E-state index contributed by atoms with van der Waals surface area (Å²) in [6, 6.07) is 11.2. The number of pyridine rings is 1. The van der Waals surface area contributed by atoms with E-state index in [1.165, 1.54) is 6.07 Å². The average Bonchev–Trinajstić information content (AvgIpc) is 3.08. The molecule has 0 aliphatic carbocycles. The number of fused-ring (bicyclic) bond motifs is 1. The molecule has 27 heavy (non-hydrogen) atoms. The molecule has 5 nitrogen and oxygen atoms in total. The Hall–Kier alpha value is -2.41. The number of hydrogen-bond acceptors (Lipinski definition) is 2.